The summed E-state index contributed by atoms with van der Waals surface area (Å²) in [7, 11) is 0. The van der Waals surface area contributed by atoms with Crippen LogP contribution in [0.4, 0.5) is 5.69 Å². The second-order valence-corrected chi connectivity index (χ2v) is 9.64. The predicted molar refractivity (Wildman–Crippen MR) is 144 cm³/mol. The van der Waals surface area contributed by atoms with E-state index in [9.17, 15) is 9.59 Å². The maximum Gasteiger partial charge on any atom is 0.276 e. The van der Waals surface area contributed by atoms with Crippen LogP contribution in [0.3, 0.4) is 0 Å². The van der Waals surface area contributed by atoms with E-state index in [-0.39, 0.29) is 17.9 Å². The molecule has 188 valence electrons. The van der Waals surface area contributed by atoms with Crippen molar-refractivity contribution in [2.24, 2.45) is 0 Å². The van der Waals surface area contributed by atoms with Gasteiger partial charge in [0.1, 0.15) is 5.52 Å². The number of pyridine rings is 1. The number of hydrogen-bond donors (Lipinski definition) is 1. The molecule has 0 aliphatic carbocycles. The first-order valence-corrected chi connectivity index (χ1v) is 12.8. The van der Waals surface area contributed by atoms with Crippen LogP contribution in [0.25, 0.3) is 16.7 Å². The van der Waals surface area contributed by atoms with Gasteiger partial charge >= 0.3 is 0 Å². The van der Waals surface area contributed by atoms with E-state index >= 15 is 0 Å². The number of anilines is 1. The van der Waals surface area contributed by atoms with E-state index in [1.54, 1.807) is 16.8 Å². The Balaban J connectivity index is 1.08. The average molecular weight is 487 g/mol. The number of aryl methyl sites for hydroxylation is 3. The molecule has 8 heteroatoms. The van der Waals surface area contributed by atoms with Crippen LogP contribution in [0, 0.1) is 13.8 Å². The van der Waals surface area contributed by atoms with Crippen LogP contribution in [-0.2, 0) is 11.3 Å². The summed E-state index contributed by atoms with van der Waals surface area (Å²) in [4.78, 5) is 34.8. The lowest BCUT2D eigenvalue weighted by molar-refractivity contribution is -0.121. The first-order valence-electron chi connectivity index (χ1n) is 12.8. The average Bonchev–Trinajstić information content (AvgIpc) is 3.39. The number of piperazine rings is 1. The molecule has 4 heterocycles. The van der Waals surface area contributed by atoms with E-state index in [0.717, 1.165) is 44.7 Å². The number of carbonyl (C=O) groups is 1. The van der Waals surface area contributed by atoms with Gasteiger partial charge in [0.25, 0.3) is 5.56 Å². The van der Waals surface area contributed by atoms with E-state index in [0.29, 0.717) is 24.3 Å². The topological polar surface area (TPSA) is 74.9 Å². The molecule has 1 fully saturated rings. The van der Waals surface area contributed by atoms with E-state index in [1.807, 2.05) is 28.8 Å². The fourth-order valence-electron chi connectivity index (χ4n) is 5.10. The molecule has 0 spiro atoms. The molecule has 0 bridgehead atoms. The van der Waals surface area contributed by atoms with Crippen molar-refractivity contribution in [2.75, 3.05) is 44.2 Å². The molecule has 3 aromatic heterocycles. The summed E-state index contributed by atoms with van der Waals surface area (Å²) in [6.07, 6.45) is 4.70. The molecule has 0 saturated carbocycles. The van der Waals surface area contributed by atoms with Gasteiger partial charge in [0, 0.05) is 63.8 Å². The molecule has 0 radical (unpaired) electrons. The minimum absolute atomic E-state index is 0.0408. The maximum atomic E-state index is 13.0. The Hall–Kier alpha value is -3.65. The van der Waals surface area contributed by atoms with E-state index in [1.165, 1.54) is 16.8 Å². The molecule has 5 rings (SSSR count). The molecule has 8 nitrogen and oxygen atoms in total. The zero-order chi connectivity index (χ0) is 25.1. The summed E-state index contributed by atoms with van der Waals surface area (Å²) in [5.41, 5.74) is 5.89. The molecular weight excluding hydrogens is 452 g/mol. The molecule has 1 aliphatic rings. The summed E-state index contributed by atoms with van der Waals surface area (Å²) in [5.74, 6) is -0.0408. The quantitative estimate of drug-likeness (QED) is 0.388. The minimum Gasteiger partial charge on any atom is -0.369 e. The van der Waals surface area contributed by atoms with Gasteiger partial charge in [0.05, 0.1) is 5.52 Å². The first-order chi connectivity index (χ1) is 17.5. The summed E-state index contributed by atoms with van der Waals surface area (Å²) in [6.45, 7) is 10.4. The largest absolute Gasteiger partial charge is 0.369 e. The highest BCUT2D eigenvalue weighted by Gasteiger charge is 2.18. The van der Waals surface area contributed by atoms with Crippen LogP contribution in [0.5, 0.6) is 0 Å². The van der Waals surface area contributed by atoms with E-state index < -0.39 is 0 Å². The SMILES string of the molecule is Cc1ccc(C)c(N2CCN(CCCNC(=O)CCn3c(=O)c4cccn4c4cccnc43)CC2)c1. The number of rotatable bonds is 8. The molecule has 36 heavy (non-hydrogen) atoms. The summed E-state index contributed by atoms with van der Waals surface area (Å²) in [6, 6.07) is 14.1. The molecular formula is C28H34N6O2. The number of nitrogens with zero attached hydrogens (tertiary/aromatic N) is 5. The van der Waals surface area contributed by atoms with Gasteiger partial charge in [-0.1, -0.05) is 12.1 Å². The third kappa shape index (κ3) is 4.99. The summed E-state index contributed by atoms with van der Waals surface area (Å²) in [5, 5.41) is 3.02. The van der Waals surface area contributed by atoms with Crippen molar-refractivity contribution in [1.29, 1.82) is 0 Å². The van der Waals surface area contributed by atoms with Crippen molar-refractivity contribution >= 4 is 28.3 Å². The van der Waals surface area contributed by atoms with Gasteiger partial charge in [-0.05, 0) is 68.3 Å². The Bertz CT molecular complexity index is 1430. The van der Waals surface area contributed by atoms with Crippen LogP contribution in [0.15, 0.2) is 59.7 Å². The van der Waals surface area contributed by atoms with Gasteiger partial charge in [-0.15, -0.1) is 0 Å². The second kappa shape index (κ2) is 10.5. The highest BCUT2D eigenvalue weighted by atomic mass is 16.2. The lowest BCUT2D eigenvalue weighted by Gasteiger charge is -2.37. The molecule has 1 N–H and O–H groups in total. The standard InChI is InChI=1S/C28H34N6O2/c1-21-8-9-22(2)25(20-21)32-18-16-31(17-19-32)13-5-12-29-26(35)10-15-34-27-23(6-3-11-30-27)33-14-4-7-24(33)28(34)36/h3-4,6-9,11,14,20H,5,10,12-13,15-19H2,1-2H3,(H,29,35). The van der Waals surface area contributed by atoms with Gasteiger partial charge in [-0.2, -0.15) is 0 Å². The number of aromatic nitrogens is 3. The Morgan fingerprint density at radius 1 is 1.00 bits per heavy atom. The zero-order valence-electron chi connectivity index (χ0n) is 21.1. The summed E-state index contributed by atoms with van der Waals surface area (Å²) >= 11 is 0. The minimum atomic E-state index is -0.126. The normalized spacial score (nSPS) is 14.6. The fraction of sp³-hybridized carbons (Fsp3) is 0.393. The van der Waals surface area contributed by atoms with Crippen molar-refractivity contribution < 1.29 is 4.79 Å². The van der Waals surface area contributed by atoms with E-state index in [2.05, 4.69) is 52.1 Å². The maximum absolute atomic E-state index is 13.0. The third-order valence-electron chi connectivity index (χ3n) is 7.11. The highest BCUT2D eigenvalue weighted by Crippen LogP contribution is 2.22. The van der Waals surface area contributed by atoms with Gasteiger partial charge in [0.15, 0.2) is 5.65 Å². The highest BCUT2D eigenvalue weighted by molar-refractivity contribution is 5.77. The molecule has 0 atom stereocenters. The van der Waals surface area contributed by atoms with Crippen LogP contribution in [-0.4, -0.2) is 64.0 Å². The van der Waals surface area contributed by atoms with Crippen LogP contribution in [0.2, 0.25) is 0 Å². The first kappa shape index (κ1) is 24.1. The van der Waals surface area contributed by atoms with Gasteiger partial charge in [-0.3, -0.25) is 19.1 Å². The lowest BCUT2D eigenvalue weighted by Crippen LogP contribution is -2.47. The van der Waals surface area contributed by atoms with Crippen molar-refractivity contribution in [3.63, 3.8) is 0 Å². The van der Waals surface area contributed by atoms with Crippen LogP contribution >= 0.6 is 0 Å². The van der Waals surface area contributed by atoms with Crippen molar-refractivity contribution in [3.05, 3.63) is 76.3 Å². The van der Waals surface area contributed by atoms with Crippen molar-refractivity contribution in [3.8, 4) is 0 Å². The van der Waals surface area contributed by atoms with Gasteiger partial charge in [0.2, 0.25) is 5.91 Å². The van der Waals surface area contributed by atoms with E-state index in [4.69, 9.17) is 0 Å². The smallest absolute Gasteiger partial charge is 0.276 e. The molecule has 1 aromatic carbocycles. The van der Waals surface area contributed by atoms with Crippen molar-refractivity contribution in [2.45, 2.75) is 33.2 Å². The van der Waals surface area contributed by atoms with Crippen LogP contribution in [0.1, 0.15) is 24.0 Å². The lowest BCUT2D eigenvalue weighted by atomic mass is 10.1. The molecule has 1 aliphatic heterocycles. The second-order valence-electron chi connectivity index (χ2n) is 9.64. The number of nitrogens with one attached hydrogen (secondary N) is 1. The van der Waals surface area contributed by atoms with Crippen LogP contribution < -0.4 is 15.8 Å². The van der Waals surface area contributed by atoms with Crippen molar-refractivity contribution in [1.82, 2.24) is 24.2 Å². The summed E-state index contributed by atoms with van der Waals surface area (Å²) < 4.78 is 3.46. The third-order valence-corrected chi connectivity index (χ3v) is 7.11. The predicted octanol–water partition coefficient (Wildman–Crippen LogP) is 2.98. The van der Waals surface area contributed by atoms with Gasteiger partial charge in [-0.25, -0.2) is 4.98 Å². The number of benzene rings is 1. The monoisotopic (exact) mass is 486 g/mol. The number of fused-ring (bicyclic) bond motifs is 3. The fourth-order valence-corrected chi connectivity index (χ4v) is 5.10. The molecule has 1 amide bonds. The molecule has 1 saturated heterocycles. The van der Waals surface area contributed by atoms with Gasteiger partial charge < -0.3 is 14.6 Å². The number of amides is 1. The number of hydrogen-bond acceptors (Lipinski definition) is 5. The Morgan fingerprint density at radius 3 is 2.64 bits per heavy atom. The number of carbonyl (C=O) groups excluding carboxylic acids is 1. The Kier molecular flexibility index (Phi) is 7.04. The zero-order valence-corrected chi connectivity index (χ0v) is 21.1. The Labute approximate surface area is 211 Å². The molecule has 0 unspecified atom stereocenters. The Morgan fingerprint density at radius 2 is 1.81 bits per heavy atom. The molecule has 4 aromatic rings.